The summed E-state index contributed by atoms with van der Waals surface area (Å²) in [6.07, 6.45) is 7.05. The monoisotopic (exact) mass is 346 g/mol. The van der Waals surface area contributed by atoms with Gasteiger partial charge < -0.3 is 9.30 Å². The van der Waals surface area contributed by atoms with Crippen molar-refractivity contribution in [2.24, 2.45) is 0 Å². The Labute approximate surface area is 152 Å². The van der Waals surface area contributed by atoms with E-state index >= 15 is 0 Å². The minimum Gasteiger partial charge on any atom is -0.424 e. The minimum absolute atomic E-state index is 0.346. The zero-order chi connectivity index (χ0) is 17.9. The molecule has 5 heteroatoms. The molecule has 0 spiro atoms. The van der Waals surface area contributed by atoms with Crippen molar-refractivity contribution >= 4 is 21.9 Å². The molecule has 2 heterocycles. The first kappa shape index (κ1) is 16.5. The molecule has 4 rings (SSSR count). The minimum atomic E-state index is 0.346. The van der Waals surface area contributed by atoms with Crippen LogP contribution in [-0.2, 0) is 0 Å². The average Bonchev–Trinajstić information content (AvgIpc) is 3.10. The van der Waals surface area contributed by atoms with Gasteiger partial charge in [-0.3, -0.25) is 0 Å². The number of unbranched alkanes of at least 4 members (excludes halogenated alkanes) is 1. The smallest absolute Gasteiger partial charge is 0.324 e. The Kier molecular flexibility index (Phi) is 4.52. The van der Waals surface area contributed by atoms with Gasteiger partial charge in [0.1, 0.15) is 11.3 Å². The van der Waals surface area contributed by atoms with Crippen LogP contribution in [0, 0.1) is 0 Å². The number of aromatic nitrogens is 4. The van der Waals surface area contributed by atoms with E-state index in [0.717, 1.165) is 34.1 Å². The number of imidazole rings is 1. The van der Waals surface area contributed by atoms with E-state index in [1.54, 1.807) is 6.20 Å². The van der Waals surface area contributed by atoms with Crippen LogP contribution in [0.1, 0.15) is 39.2 Å². The van der Waals surface area contributed by atoms with Gasteiger partial charge in [-0.25, -0.2) is 9.97 Å². The fraction of sp³-hybridized carbons (Fsp3) is 0.286. The van der Waals surface area contributed by atoms with Crippen molar-refractivity contribution in [3.05, 3.63) is 55.0 Å². The molecule has 0 aliphatic heterocycles. The third-order valence-corrected chi connectivity index (χ3v) is 4.69. The summed E-state index contributed by atoms with van der Waals surface area (Å²) in [6.45, 7) is 4.40. The number of fused-ring (bicyclic) bond motifs is 2. The Balaban J connectivity index is 1.68. The van der Waals surface area contributed by atoms with Gasteiger partial charge in [0.05, 0.1) is 12.5 Å². The summed E-state index contributed by atoms with van der Waals surface area (Å²) in [6, 6.07) is 14.8. The zero-order valence-electron chi connectivity index (χ0n) is 15.1. The number of hydrogen-bond donors (Lipinski definition) is 0. The van der Waals surface area contributed by atoms with E-state index in [0.29, 0.717) is 12.1 Å². The summed E-state index contributed by atoms with van der Waals surface area (Å²) in [5.41, 5.74) is 1.61. The summed E-state index contributed by atoms with van der Waals surface area (Å²) in [5.74, 6) is 0.757. The van der Waals surface area contributed by atoms with E-state index in [2.05, 4.69) is 45.5 Å². The first-order valence-electron chi connectivity index (χ1n) is 9.11. The molecular formula is C21H22N4O. The van der Waals surface area contributed by atoms with Crippen molar-refractivity contribution in [3.63, 3.8) is 0 Å². The lowest BCUT2D eigenvalue weighted by atomic mass is 10.1. The van der Waals surface area contributed by atoms with Gasteiger partial charge in [0.15, 0.2) is 5.65 Å². The van der Waals surface area contributed by atoms with E-state index in [-0.39, 0.29) is 0 Å². The Bertz CT molecular complexity index is 1040. The molecule has 1 unspecified atom stereocenters. The van der Waals surface area contributed by atoms with Crippen LogP contribution in [0.2, 0.25) is 0 Å². The molecule has 132 valence electrons. The Morgan fingerprint density at radius 3 is 2.81 bits per heavy atom. The molecule has 0 aliphatic carbocycles. The molecule has 1 atom stereocenters. The van der Waals surface area contributed by atoms with Crippen molar-refractivity contribution < 1.29 is 4.74 Å². The lowest BCUT2D eigenvalue weighted by Crippen LogP contribution is -2.05. The number of hydrogen-bond acceptors (Lipinski definition) is 4. The van der Waals surface area contributed by atoms with Crippen LogP contribution in [0.4, 0.5) is 0 Å². The molecule has 0 radical (unpaired) electrons. The van der Waals surface area contributed by atoms with Crippen LogP contribution >= 0.6 is 0 Å². The molecule has 0 amide bonds. The molecule has 0 aliphatic rings. The fourth-order valence-corrected chi connectivity index (χ4v) is 3.20. The van der Waals surface area contributed by atoms with Crippen molar-refractivity contribution in [2.75, 3.05) is 0 Å². The molecule has 0 fully saturated rings. The summed E-state index contributed by atoms with van der Waals surface area (Å²) >= 11 is 0. The van der Waals surface area contributed by atoms with Crippen LogP contribution < -0.4 is 4.74 Å². The van der Waals surface area contributed by atoms with E-state index in [1.807, 2.05) is 36.7 Å². The van der Waals surface area contributed by atoms with Crippen LogP contribution in [0.25, 0.3) is 21.9 Å². The molecule has 0 saturated heterocycles. The summed E-state index contributed by atoms with van der Waals surface area (Å²) < 4.78 is 8.14. The molecule has 0 bridgehead atoms. The zero-order valence-corrected chi connectivity index (χ0v) is 15.1. The summed E-state index contributed by atoms with van der Waals surface area (Å²) in [5, 5.41) is 2.17. The quantitative estimate of drug-likeness (QED) is 0.461. The second kappa shape index (κ2) is 7.12. The van der Waals surface area contributed by atoms with Gasteiger partial charge in [0.25, 0.3) is 0 Å². The molecular weight excluding hydrogens is 324 g/mol. The van der Waals surface area contributed by atoms with Crippen molar-refractivity contribution in [1.82, 2.24) is 19.5 Å². The van der Waals surface area contributed by atoms with Crippen LogP contribution in [0.15, 0.2) is 55.0 Å². The predicted molar refractivity (Wildman–Crippen MR) is 104 cm³/mol. The molecule has 26 heavy (non-hydrogen) atoms. The molecule has 2 aromatic heterocycles. The van der Waals surface area contributed by atoms with Gasteiger partial charge in [0.2, 0.25) is 0 Å². The second-order valence-electron chi connectivity index (χ2n) is 6.58. The highest BCUT2D eigenvalue weighted by Gasteiger charge is 2.13. The highest BCUT2D eigenvalue weighted by Crippen LogP contribution is 2.29. The molecule has 2 aromatic carbocycles. The maximum absolute atomic E-state index is 6.02. The van der Waals surface area contributed by atoms with Crippen LogP contribution in [-0.4, -0.2) is 19.5 Å². The van der Waals surface area contributed by atoms with Crippen molar-refractivity contribution in [2.45, 2.75) is 39.2 Å². The van der Waals surface area contributed by atoms with Crippen molar-refractivity contribution in [1.29, 1.82) is 0 Å². The Morgan fingerprint density at radius 1 is 1.08 bits per heavy atom. The lowest BCUT2D eigenvalue weighted by Gasteiger charge is -2.13. The largest absolute Gasteiger partial charge is 0.424 e. The average molecular weight is 346 g/mol. The van der Waals surface area contributed by atoms with Crippen LogP contribution in [0.3, 0.4) is 0 Å². The SMILES string of the molecule is CCCCC(C)n1cnc2cnc(Oc3cccc4ccccc34)nc21. The highest BCUT2D eigenvalue weighted by atomic mass is 16.5. The second-order valence-corrected chi connectivity index (χ2v) is 6.58. The van der Waals surface area contributed by atoms with Gasteiger partial charge >= 0.3 is 6.01 Å². The number of ether oxygens (including phenoxy) is 1. The van der Waals surface area contributed by atoms with E-state index in [1.165, 1.54) is 12.8 Å². The first-order chi connectivity index (χ1) is 12.8. The van der Waals surface area contributed by atoms with E-state index in [4.69, 9.17) is 4.74 Å². The fourth-order valence-electron chi connectivity index (χ4n) is 3.20. The summed E-state index contributed by atoms with van der Waals surface area (Å²) in [7, 11) is 0. The maximum atomic E-state index is 6.02. The Hall–Kier alpha value is -2.95. The molecule has 4 aromatic rings. The van der Waals surface area contributed by atoms with Gasteiger partial charge in [0, 0.05) is 11.4 Å². The summed E-state index contributed by atoms with van der Waals surface area (Å²) in [4.78, 5) is 13.4. The highest BCUT2D eigenvalue weighted by molar-refractivity contribution is 5.88. The number of nitrogens with zero attached hydrogens (tertiary/aromatic N) is 4. The normalized spacial score (nSPS) is 12.5. The van der Waals surface area contributed by atoms with Gasteiger partial charge in [-0.2, -0.15) is 4.98 Å². The van der Waals surface area contributed by atoms with E-state index < -0.39 is 0 Å². The maximum Gasteiger partial charge on any atom is 0.324 e. The van der Waals surface area contributed by atoms with Crippen molar-refractivity contribution in [3.8, 4) is 11.8 Å². The standard InChI is InChI=1S/C21H22N4O/c1-3-4-8-15(2)25-14-23-18-13-22-21(24-20(18)25)26-19-12-7-10-16-9-5-6-11-17(16)19/h5-7,9-15H,3-4,8H2,1-2H3. The predicted octanol–water partition coefficient (Wildman–Crippen LogP) is 5.52. The third kappa shape index (κ3) is 3.12. The van der Waals surface area contributed by atoms with E-state index in [9.17, 15) is 0 Å². The topological polar surface area (TPSA) is 52.8 Å². The first-order valence-corrected chi connectivity index (χ1v) is 9.11. The third-order valence-electron chi connectivity index (χ3n) is 4.69. The molecule has 0 saturated carbocycles. The molecule has 5 nitrogen and oxygen atoms in total. The van der Waals surface area contributed by atoms with Gasteiger partial charge in [-0.05, 0) is 24.8 Å². The lowest BCUT2D eigenvalue weighted by molar-refractivity contribution is 0.445. The number of rotatable bonds is 6. The van der Waals surface area contributed by atoms with Gasteiger partial charge in [-0.1, -0.05) is 56.2 Å². The molecule has 0 N–H and O–H groups in total. The van der Waals surface area contributed by atoms with Crippen LogP contribution in [0.5, 0.6) is 11.8 Å². The number of benzene rings is 2. The van der Waals surface area contributed by atoms with Gasteiger partial charge in [-0.15, -0.1) is 0 Å². The Morgan fingerprint density at radius 2 is 1.92 bits per heavy atom.